The van der Waals surface area contributed by atoms with Crippen LogP contribution in [0.15, 0.2) is 36.9 Å². The Bertz CT molecular complexity index is 1060. The highest BCUT2D eigenvalue weighted by atomic mass is 32.1. The molecule has 0 aliphatic carbocycles. The summed E-state index contributed by atoms with van der Waals surface area (Å²) in [5, 5.41) is 21.6. The fraction of sp³-hybridized carbons (Fsp3) is 0.407. The van der Waals surface area contributed by atoms with Crippen LogP contribution in [-0.4, -0.2) is 31.8 Å². The number of nitrogens with zero attached hydrogens (tertiary/aromatic N) is 2. The Morgan fingerprint density at radius 2 is 1.64 bits per heavy atom. The maximum absolute atomic E-state index is 9.46. The first-order valence-corrected chi connectivity index (χ1v) is 11.8. The number of hydrogen-bond donors (Lipinski definition) is 3. The van der Waals surface area contributed by atoms with Crippen molar-refractivity contribution in [3.05, 3.63) is 59.4 Å². The van der Waals surface area contributed by atoms with Crippen molar-refractivity contribution >= 4 is 33.8 Å². The number of benzene rings is 2. The standard InChI is InChI=1S/C11H14N2.C11H14O2.C3H7NS.C2H6/c1-4-13-9(3)12-10-7-8(2)5-6-11(10)13;1-4-8-5-9(7(2)3)11(13)6-10(8)12;1-3(5)4-2;1-2/h5-7H,4H2,1-3H3;5-6,12-13H,2,4H2,1,3H3;1-2H3,(H,4,5);1-2H3. The third-order valence-corrected chi connectivity index (χ3v) is 5.00. The van der Waals surface area contributed by atoms with E-state index in [2.05, 4.69) is 72.6 Å². The molecule has 0 saturated heterocycles. The van der Waals surface area contributed by atoms with Gasteiger partial charge in [-0.05, 0) is 75.9 Å². The van der Waals surface area contributed by atoms with Gasteiger partial charge in [0, 0.05) is 25.2 Å². The topological polar surface area (TPSA) is 70.3 Å². The van der Waals surface area contributed by atoms with Gasteiger partial charge in [0.25, 0.3) is 0 Å². The summed E-state index contributed by atoms with van der Waals surface area (Å²) >= 11 is 4.59. The van der Waals surface area contributed by atoms with E-state index in [4.69, 9.17) is 0 Å². The van der Waals surface area contributed by atoms with E-state index in [-0.39, 0.29) is 11.5 Å². The highest BCUT2D eigenvalue weighted by Crippen LogP contribution is 2.31. The average Bonchev–Trinajstić information content (AvgIpc) is 3.09. The zero-order valence-electron chi connectivity index (χ0n) is 21.7. The van der Waals surface area contributed by atoms with E-state index in [1.807, 2.05) is 41.7 Å². The molecule has 1 aromatic heterocycles. The molecule has 182 valence electrons. The molecule has 0 radical (unpaired) electrons. The minimum atomic E-state index is 0.0854. The molecule has 0 atom stereocenters. The molecule has 33 heavy (non-hydrogen) atoms. The molecule has 0 amide bonds. The predicted molar refractivity (Wildman–Crippen MR) is 147 cm³/mol. The molecule has 0 aliphatic rings. The van der Waals surface area contributed by atoms with Gasteiger partial charge in [-0.15, -0.1) is 0 Å². The second-order valence-corrected chi connectivity index (χ2v) is 7.95. The van der Waals surface area contributed by atoms with E-state index in [9.17, 15) is 10.2 Å². The van der Waals surface area contributed by atoms with E-state index in [0.29, 0.717) is 5.56 Å². The van der Waals surface area contributed by atoms with Gasteiger partial charge in [-0.3, -0.25) is 0 Å². The van der Waals surface area contributed by atoms with Gasteiger partial charge in [0.1, 0.15) is 17.3 Å². The van der Waals surface area contributed by atoms with Crippen LogP contribution in [0.25, 0.3) is 16.6 Å². The molecule has 3 N–H and O–H groups in total. The van der Waals surface area contributed by atoms with Crippen molar-refractivity contribution in [2.24, 2.45) is 0 Å². The minimum Gasteiger partial charge on any atom is -0.508 e. The van der Waals surface area contributed by atoms with Crippen LogP contribution < -0.4 is 5.32 Å². The first-order chi connectivity index (χ1) is 15.5. The van der Waals surface area contributed by atoms with Gasteiger partial charge in [-0.1, -0.05) is 45.6 Å². The predicted octanol–water partition coefficient (Wildman–Crippen LogP) is 6.95. The fourth-order valence-corrected chi connectivity index (χ4v) is 3.01. The highest BCUT2D eigenvalue weighted by Gasteiger charge is 2.07. The summed E-state index contributed by atoms with van der Waals surface area (Å²) in [5.74, 6) is 1.33. The monoisotopic (exact) mass is 471 g/mol. The van der Waals surface area contributed by atoms with E-state index in [0.717, 1.165) is 40.4 Å². The number of allylic oxidation sites excluding steroid dienone is 1. The second kappa shape index (κ2) is 15.1. The van der Waals surface area contributed by atoms with Crippen LogP contribution in [0.3, 0.4) is 0 Å². The number of hydrogen-bond acceptors (Lipinski definition) is 4. The zero-order valence-corrected chi connectivity index (χ0v) is 22.5. The Kier molecular flexibility index (Phi) is 13.8. The van der Waals surface area contributed by atoms with Crippen LogP contribution in [-0.2, 0) is 13.0 Å². The molecule has 3 aromatic rings. The third kappa shape index (κ3) is 9.26. The molecule has 0 spiro atoms. The molecule has 6 heteroatoms. The number of phenols is 2. The van der Waals surface area contributed by atoms with Gasteiger partial charge < -0.3 is 20.1 Å². The van der Waals surface area contributed by atoms with E-state index in [1.54, 1.807) is 6.07 Å². The number of rotatable bonds is 3. The third-order valence-electron chi connectivity index (χ3n) is 4.80. The Balaban J connectivity index is 0.000000488. The number of nitrogens with one attached hydrogen (secondary N) is 1. The molecular weight excluding hydrogens is 430 g/mol. The second-order valence-electron chi connectivity index (χ2n) is 7.33. The van der Waals surface area contributed by atoms with E-state index in [1.165, 1.54) is 17.1 Å². The van der Waals surface area contributed by atoms with Crippen molar-refractivity contribution in [2.45, 2.75) is 68.4 Å². The maximum Gasteiger partial charge on any atom is 0.126 e. The zero-order chi connectivity index (χ0) is 25.7. The largest absolute Gasteiger partial charge is 0.508 e. The molecule has 0 saturated carbocycles. The Morgan fingerprint density at radius 1 is 1.06 bits per heavy atom. The smallest absolute Gasteiger partial charge is 0.126 e. The van der Waals surface area contributed by atoms with Gasteiger partial charge in [0.2, 0.25) is 0 Å². The van der Waals surface area contributed by atoms with Gasteiger partial charge in [-0.2, -0.15) is 0 Å². The minimum absolute atomic E-state index is 0.0854. The number of fused-ring (bicyclic) bond motifs is 1. The number of imidazole rings is 1. The lowest BCUT2D eigenvalue weighted by Crippen LogP contribution is -2.09. The Labute approximate surface area is 205 Å². The molecule has 0 bridgehead atoms. The van der Waals surface area contributed by atoms with Crippen LogP contribution in [0, 0.1) is 13.8 Å². The van der Waals surface area contributed by atoms with Crippen LogP contribution in [0.4, 0.5) is 0 Å². The quantitative estimate of drug-likeness (QED) is 0.361. The molecule has 0 aliphatic heterocycles. The molecule has 0 fully saturated rings. The fourth-order valence-electron chi connectivity index (χ4n) is 3.01. The summed E-state index contributed by atoms with van der Waals surface area (Å²) in [6, 6.07) is 9.55. The number of aromatic hydroxyl groups is 2. The van der Waals surface area contributed by atoms with Gasteiger partial charge in [0.15, 0.2) is 0 Å². The molecule has 1 heterocycles. The maximum atomic E-state index is 9.46. The first kappa shape index (κ1) is 30.1. The lowest BCUT2D eigenvalue weighted by atomic mass is 10.0. The van der Waals surface area contributed by atoms with Crippen LogP contribution in [0.2, 0.25) is 0 Å². The highest BCUT2D eigenvalue weighted by molar-refractivity contribution is 7.80. The number of aromatic nitrogens is 2. The van der Waals surface area contributed by atoms with Crippen LogP contribution in [0.5, 0.6) is 11.5 Å². The Hall–Kier alpha value is -2.86. The lowest BCUT2D eigenvalue weighted by molar-refractivity contribution is 0.445. The lowest BCUT2D eigenvalue weighted by Gasteiger charge is -2.08. The van der Waals surface area contributed by atoms with Crippen LogP contribution in [0.1, 0.15) is 64.1 Å². The molecule has 2 aromatic carbocycles. The summed E-state index contributed by atoms with van der Waals surface area (Å²) in [4.78, 5) is 5.35. The normalized spacial score (nSPS) is 9.48. The van der Waals surface area contributed by atoms with Crippen molar-refractivity contribution in [3.8, 4) is 11.5 Å². The molecule has 5 nitrogen and oxygen atoms in total. The SMILES string of the molecule is C=C(C)c1cc(CC)c(O)cc1O.CC.CCn1c(C)nc2cc(C)ccc21.CNC(C)=S. The van der Waals surface area contributed by atoms with E-state index >= 15 is 0 Å². The summed E-state index contributed by atoms with van der Waals surface area (Å²) < 4.78 is 2.23. The van der Waals surface area contributed by atoms with Gasteiger partial charge in [-0.25, -0.2) is 4.98 Å². The molecule has 3 rings (SSSR count). The number of aryl methyl sites for hydroxylation is 4. The average molecular weight is 472 g/mol. The van der Waals surface area contributed by atoms with Crippen molar-refractivity contribution in [1.82, 2.24) is 14.9 Å². The molecular formula is C27H41N3O2S. The summed E-state index contributed by atoms with van der Waals surface area (Å²) in [7, 11) is 1.81. The van der Waals surface area contributed by atoms with Crippen molar-refractivity contribution in [1.29, 1.82) is 0 Å². The number of phenolic OH excluding ortho intramolecular Hbond substituents is 2. The van der Waals surface area contributed by atoms with Gasteiger partial charge in [0.05, 0.1) is 16.0 Å². The summed E-state index contributed by atoms with van der Waals surface area (Å²) in [6.07, 6.45) is 0.742. The summed E-state index contributed by atoms with van der Waals surface area (Å²) in [5.41, 5.74) is 5.95. The van der Waals surface area contributed by atoms with E-state index < -0.39 is 0 Å². The Morgan fingerprint density at radius 3 is 2.09 bits per heavy atom. The van der Waals surface area contributed by atoms with Crippen molar-refractivity contribution in [3.63, 3.8) is 0 Å². The first-order valence-electron chi connectivity index (χ1n) is 11.4. The van der Waals surface area contributed by atoms with Crippen molar-refractivity contribution in [2.75, 3.05) is 7.05 Å². The van der Waals surface area contributed by atoms with Crippen molar-refractivity contribution < 1.29 is 10.2 Å². The summed E-state index contributed by atoms with van der Waals surface area (Å²) in [6.45, 7) is 20.7. The van der Waals surface area contributed by atoms with Crippen LogP contribution >= 0.6 is 12.2 Å². The van der Waals surface area contributed by atoms with Gasteiger partial charge >= 0.3 is 0 Å². The molecule has 0 unspecified atom stereocenters. The number of thiocarbonyl (C=S) groups is 1.